The largest absolute Gasteiger partial charge is 0.342 e. The third kappa shape index (κ3) is 3.97. The molecule has 3 rings (SSSR count). The first-order valence-electron chi connectivity index (χ1n) is 8.43. The molecule has 1 aromatic carbocycles. The summed E-state index contributed by atoms with van der Waals surface area (Å²) in [5, 5.41) is 11.0. The third-order valence-electron chi connectivity index (χ3n) is 4.44. The fourth-order valence-electron chi connectivity index (χ4n) is 2.86. The van der Waals surface area contributed by atoms with Gasteiger partial charge in [-0.05, 0) is 6.07 Å². The molecule has 2 aromatic rings. The van der Waals surface area contributed by atoms with Gasteiger partial charge in [-0.25, -0.2) is 9.37 Å². The minimum atomic E-state index is -0.668. The molecule has 1 amide bonds. The number of nitrogens with zero attached hydrogens (tertiary/aromatic N) is 4. The number of benzene rings is 1. The molecule has 1 atom stereocenters. The summed E-state index contributed by atoms with van der Waals surface area (Å²) in [4.78, 5) is 16.8. The first kappa shape index (κ1) is 17.8. The number of imidazole rings is 1. The number of aromatic nitrogens is 2. The van der Waals surface area contributed by atoms with Gasteiger partial charge in [0.05, 0.1) is 0 Å². The van der Waals surface area contributed by atoms with Crippen molar-refractivity contribution in [3.63, 3.8) is 0 Å². The summed E-state index contributed by atoms with van der Waals surface area (Å²) in [7, 11) is 1.80. The molecule has 0 bridgehead atoms. The van der Waals surface area contributed by atoms with E-state index < -0.39 is 17.5 Å². The van der Waals surface area contributed by atoms with Gasteiger partial charge in [0.15, 0.2) is 5.66 Å². The Labute approximate surface area is 151 Å². The van der Waals surface area contributed by atoms with Gasteiger partial charge in [0, 0.05) is 50.7 Å². The highest BCUT2D eigenvalue weighted by Crippen LogP contribution is 2.37. The Morgan fingerprint density at radius 3 is 2.77 bits per heavy atom. The third-order valence-corrected chi connectivity index (χ3v) is 4.44. The fraction of sp³-hybridized carbons (Fsp3) is 0.368. The van der Waals surface area contributed by atoms with Crippen molar-refractivity contribution in [3.8, 4) is 12.3 Å². The lowest BCUT2D eigenvalue weighted by molar-refractivity contribution is -0.121. The summed E-state index contributed by atoms with van der Waals surface area (Å²) in [6.45, 7) is 0. The maximum atomic E-state index is 14.3. The molecule has 0 aliphatic carbocycles. The minimum Gasteiger partial charge on any atom is -0.342 e. The fourth-order valence-corrected chi connectivity index (χ4v) is 2.86. The van der Waals surface area contributed by atoms with Crippen molar-refractivity contribution in [1.82, 2.24) is 14.9 Å². The van der Waals surface area contributed by atoms with Crippen LogP contribution in [0.2, 0.25) is 0 Å². The zero-order valence-corrected chi connectivity index (χ0v) is 14.5. The number of nitrogens with one attached hydrogen (secondary N) is 1. The van der Waals surface area contributed by atoms with Gasteiger partial charge in [0.25, 0.3) is 0 Å². The van der Waals surface area contributed by atoms with Crippen LogP contribution in [0.25, 0.3) is 0 Å². The zero-order chi connectivity index (χ0) is 18.6. The number of hydrogen-bond acceptors (Lipinski definition) is 4. The van der Waals surface area contributed by atoms with Crippen LogP contribution in [-0.2, 0) is 11.8 Å². The molecule has 1 N–H and O–H groups in total. The molecule has 0 radical (unpaired) electrons. The van der Waals surface area contributed by atoms with E-state index in [4.69, 9.17) is 6.42 Å². The maximum absolute atomic E-state index is 14.3. The Balaban J connectivity index is 1.71. The summed E-state index contributed by atoms with van der Waals surface area (Å²) >= 11 is 0. The van der Waals surface area contributed by atoms with Gasteiger partial charge in [0.1, 0.15) is 17.7 Å². The van der Waals surface area contributed by atoms with Crippen LogP contribution in [0.3, 0.4) is 0 Å². The molecule has 2 heterocycles. The molecular formula is C19H20FN5O. The predicted molar refractivity (Wildman–Crippen MR) is 94.5 cm³/mol. The standard InChI is InChI=1S/C19H20FN5O/c1-3-4-10-19(23-24-19)11-9-16(26)22-17(18-21-12-13-25(18)2)14-7-5-6-8-15(14)20/h1,5-8,12-13,17H,4,9-11H2,2H3,(H,22,26). The van der Waals surface area contributed by atoms with E-state index >= 15 is 0 Å². The van der Waals surface area contributed by atoms with Gasteiger partial charge in [-0.1, -0.05) is 18.2 Å². The van der Waals surface area contributed by atoms with E-state index in [0.717, 1.165) is 0 Å². The molecule has 1 aromatic heterocycles. The number of carbonyl (C=O) groups is 1. The number of amides is 1. The lowest BCUT2D eigenvalue weighted by Crippen LogP contribution is -2.32. The van der Waals surface area contributed by atoms with Crippen molar-refractivity contribution in [2.24, 2.45) is 17.3 Å². The van der Waals surface area contributed by atoms with E-state index in [-0.39, 0.29) is 12.3 Å². The first-order valence-corrected chi connectivity index (χ1v) is 8.43. The van der Waals surface area contributed by atoms with Crippen LogP contribution in [0.1, 0.15) is 43.1 Å². The molecule has 1 aliphatic heterocycles. The Bertz CT molecular complexity index is 861. The first-order chi connectivity index (χ1) is 12.5. The summed E-state index contributed by atoms with van der Waals surface area (Å²) in [5.41, 5.74) is -0.140. The highest BCUT2D eigenvalue weighted by molar-refractivity contribution is 5.77. The highest BCUT2D eigenvalue weighted by Gasteiger charge is 2.39. The Kier molecular flexibility index (Phi) is 5.12. The van der Waals surface area contributed by atoms with Crippen LogP contribution in [0.4, 0.5) is 4.39 Å². The number of aryl methyl sites for hydroxylation is 1. The van der Waals surface area contributed by atoms with E-state index in [2.05, 4.69) is 26.4 Å². The average molecular weight is 353 g/mol. The molecule has 0 saturated carbocycles. The number of carbonyl (C=O) groups excluding carboxylic acids is 1. The Morgan fingerprint density at radius 2 is 2.15 bits per heavy atom. The second kappa shape index (κ2) is 7.48. The van der Waals surface area contributed by atoms with Crippen molar-refractivity contribution in [3.05, 3.63) is 53.9 Å². The van der Waals surface area contributed by atoms with Crippen molar-refractivity contribution < 1.29 is 9.18 Å². The summed E-state index contributed by atoms with van der Waals surface area (Å²) in [5.74, 6) is 2.52. The van der Waals surface area contributed by atoms with Crippen LogP contribution in [0.5, 0.6) is 0 Å². The van der Waals surface area contributed by atoms with Gasteiger partial charge < -0.3 is 9.88 Å². The smallest absolute Gasteiger partial charge is 0.221 e. The van der Waals surface area contributed by atoms with Gasteiger partial charge in [-0.3, -0.25) is 4.79 Å². The molecule has 7 heteroatoms. The van der Waals surface area contributed by atoms with Crippen molar-refractivity contribution >= 4 is 5.91 Å². The second-order valence-electron chi connectivity index (χ2n) is 6.30. The van der Waals surface area contributed by atoms with Gasteiger partial charge in [-0.2, -0.15) is 10.2 Å². The molecule has 1 aliphatic rings. The summed E-state index contributed by atoms with van der Waals surface area (Å²) in [6.07, 6.45) is 10.6. The molecule has 134 valence electrons. The Morgan fingerprint density at radius 1 is 1.38 bits per heavy atom. The molecule has 26 heavy (non-hydrogen) atoms. The van der Waals surface area contributed by atoms with Crippen LogP contribution < -0.4 is 5.32 Å². The highest BCUT2D eigenvalue weighted by atomic mass is 19.1. The topological polar surface area (TPSA) is 71.6 Å². The van der Waals surface area contributed by atoms with Crippen LogP contribution in [-0.4, -0.2) is 21.1 Å². The number of terminal acetylenes is 1. The molecular weight excluding hydrogens is 333 g/mol. The van der Waals surface area contributed by atoms with Gasteiger partial charge >= 0.3 is 0 Å². The number of halogens is 1. The van der Waals surface area contributed by atoms with E-state index in [9.17, 15) is 9.18 Å². The van der Waals surface area contributed by atoms with Crippen molar-refractivity contribution in [2.45, 2.75) is 37.4 Å². The molecule has 6 nitrogen and oxygen atoms in total. The van der Waals surface area contributed by atoms with E-state index in [1.165, 1.54) is 6.07 Å². The SMILES string of the molecule is C#CCCC1(CCC(=O)NC(c2ccccc2F)c2nccn2C)N=N1. The van der Waals surface area contributed by atoms with E-state index in [0.29, 0.717) is 30.7 Å². The van der Waals surface area contributed by atoms with Crippen LogP contribution in [0, 0.1) is 18.2 Å². The number of rotatable bonds is 8. The second-order valence-corrected chi connectivity index (χ2v) is 6.30. The lowest BCUT2D eigenvalue weighted by atomic mass is 10.0. The monoisotopic (exact) mass is 353 g/mol. The molecule has 0 saturated heterocycles. The zero-order valence-electron chi connectivity index (χ0n) is 14.5. The summed E-state index contributed by atoms with van der Waals surface area (Å²) < 4.78 is 16.1. The predicted octanol–water partition coefficient (Wildman–Crippen LogP) is 3.12. The molecule has 0 fully saturated rings. The average Bonchev–Trinajstić information content (AvgIpc) is 3.29. The van der Waals surface area contributed by atoms with E-state index in [1.54, 1.807) is 42.2 Å². The van der Waals surface area contributed by atoms with E-state index in [1.807, 2.05) is 0 Å². The molecule has 1 unspecified atom stereocenters. The normalized spacial score (nSPS) is 15.3. The quantitative estimate of drug-likeness (QED) is 0.741. The number of hydrogen-bond donors (Lipinski definition) is 1. The van der Waals surface area contributed by atoms with Crippen molar-refractivity contribution in [1.29, 1.82) is 0 Å². The minimum absolute atomic E-state index is 0.210. The summed E-state index contributed by atoms with van der Waals surface area (Å²) in [6, 6.07) is 5.69. The van der Waals surface area contributed by atoms with Gasteiger partial charge in [-0.15, -0.1) is 12.3 Å². The van der Waals surface area contributed by atoms with Crippen LogP contribution >= 0.6 is 0 Å². The lowest BCUT2D eigenvalue weighted by Gasteiger charge is -2.20. The Hall–Kier alpha value is -3.01. The maximum Gasteiger partial charge on any atom is 0.221 e. The van der Waals surface area contributed by atoms with Crippen LogP contribution in [0.15, 0.2) is 46.9 Å². The van der Waals surface area contributed by atoms with Gasteiger partial charge in [0.2, 0.25) is 5.91 Å². The molecule has 0 spiro atoms. The van der Waals surface area contributed by atoms with Crippen molar-refractivity contribution in [2.75, 3.05) is 0 Å².